The average Bonchev–Trinajstić information content (AvgIpc) is 3.30. The van der Waals surface area contributed by atoms with Gasteiger partial charge in [-0.2, -0.15) is 5.10 Å². The molecule has 0 radical (unpaired) electrons. The fourth-order valence-electron chi connectivity index (χ4n) is 4.79. The van der Waals surface area contributed by atoms with E-state index >= 15 is 0 Å². The molecule has 1 saturated heterocycles. The Labute approximate surface area is 182 Å². The van der Waals surface area contributed by atoms with Crippen LogP contribution >= 0.6 is 0 Å². The molecular formula is C24H27N5O2. The Hall–Kier alpha value is -3.19. The van der Waals surface area contributed by atoms with Crippen LogP contribution in [0.5, 0.6) is 5.75 Å². The van der Waals surface area contributed by atoms with Crippen molar-refractivity contribution in [3.05, 3.63) is 72.2 Å². The van der Waals surface area contributed by atoms with E-state index in [1.54, 1.807) is 19.5 Å². The van der Waals surface area contributed by atoms with E-state index in [4.69, 9.17) is 4.74 Å². The maximum absolute atomic E-state index is 13.2. The second kappa shape index (κ2) is 8.15. The Morgan fingerprint density at radius 1 is 0.935 bits per heavy atom. The molecule has 1 fully saturated rings. The monoisotopic (exact) mass is 417 g/mol. The van der Waals surface area contributed by atoms with Gasteiger partial charge in [0, 0.05) is 38.1 Å². The van der Waals surface area contributed by atoms with E-state index in [0.29, 0.717) is 13.0 Å². The van der Waals surface area contributed by atoms with Crippen molar-refractivity contribution in [2.75, 3.05) is 25.1 Å². The molecule has 2 aliphatic rings. The Balaban J connectivity index is 1.30. The van der Waals surface area contributed by atoms with Gasteiger partial charge in [-0.15, -0.1) is 0 Å². The minimum absolute atomic E-state index is 0.174. The zero-order valence-corrected chi connectivity index (χ0v) is 17.8. The molecule has 160 valence electrons. The first-order chi connectivity index (χ1) is 15.2. The summed E-state index contributed by atoms with van der Waals surface area (Å²) in [4.78, 5) is 21.6. The van der Waals surface area contributed by atoms with E-state index in [2.05, 4.69) is 31.8 Å². The number of aromatic nitrogens is 3. The number of benzene rings is 1. The lowest BCUT2D eigenvalue weighted by Crippen LogP contribution is -2.53. The number of fused-ring (bicyclic) bond motifs is 2. The molecule has 5 rings (SSSR count). The summed E-state index contributed by atoms with van der Waals surface area (Å²) in [5, 5.41) is 4.67. The largest absolute Gasteiger partial charge is 0.497 e. The Bertz CT molecular complexity index is 1040. The predicted molar refractivity (Wildman–Crippen MR) is 118 cm³/mol. The zero-order chi connectivity index (χ0) is 21.3. The molecule has 3 aromatic rings. The van der Waals surface area contributed by atoms with Crippen molar-refractivity contribution in [3.8, 4) is 5.75 Å². The second-order valence-corrected chi connectivity index (χ2v) is 8.46. The molecule has 31 heavy (non-hydrogen) atoms. The van der Waals surface area contributed by atoms with Crippen molar-refractivity contribution >= 4 is 11.7 Å². The highest BCUT2D eigenvalue weighted by atomic mass is 16.5. The van der Waals surface area contributed by atoms with Gasteiger partial charge >= 0.3 is 0 Å². The van der Waals surface area contributed by atoms with Gasteiger partial charge in [0.2, 0.25) is 5.91 Å². The van der Waals surface area contributed by atoms with Gasteiger partial charge in [-0.05, 0) is 48.2 Å². The number of ether oxygens (including phenoxy) is 1. The molecule has 0 aliphatic carbocycles. The molecule has 1 spiro atoms. The third kappa shape index (κ3) is 3.81. The molecule has 4 heterocycles. The van der Waals surface area contributed by atoms with E-state index < -0.39 is 0 Å². The van der Waals surface area contributed by atoms with Crippen LogP contribution in [-0.4, -0.2) is 45.8 Å². The first kappa shape index (κ1) is 19.8. The van der Waals surface area contributed by atoms with E-state index in [1.165, 1.54) is 5.56 Å². The minimum Gasteiger partial charge on any atom is -0.497 e. The summed E-state index contributed by atoms with van der Waals surface area (Å²) in [5.41, 5.74) is 2.13. The van der Waals surface area contributed by atoms with E-state index in [9.17, 15) is 4.79 Å². The lowest BCUT2D eigenvalue weighted by atomic mass is 9.82. The maximum atomic E-state index is 13.2. The summed E-state index contributed by atoms with van der Waals surface area (Å²) in [6, 6.07) is 14.1. The van der Waals surface area contributed by atoms with Gasteiger partial charge in [0.1, 0.15) is 11.6 Å². The van der Waals surface area contributed by atoms with Crippen LogP contribution in [0.25, 0.3) is 0 Å². The van der Waals surface area contributed by atoms with Gasteiger partial charge in [0.05, 0.1) is 31.8 Å². The van der Waals surface area contributed by atoms with Gasteiger partial charge in [0.25, 0.3) is 0 Å². The number of anilines is 1. The fourth-order valence-corrected chi connectivity index (χ4v) is 4.79. The van der Waals surface area contributed by atoms with Crippen LogP contribution in [0.4, 0.5) is 5.82 Å². The summed E-state index contributed by atoms with van der Waals surface area (Å²) < 4.78 is 7.37. The highest BCUT2D eigenvalue weighted by Crippen LogP contribution is 2.41. The summed E-state index contributed by atoms with van der Waals surface area (Å²) in [6.07, 6.45) is 7.70. The Morgan fingerprint density at radius 3 is 2.35 bits per heavy atom. The Kier molecular flexibility index (Phi) is 5.19. The lowest BCUT2D eigenvalue weighted by molar-refractivity contribution is -0.123. The first-order valence-corrected chi connectivity index (χ1v) is 10.8. The van der Waals surface area contributed by atoms with Crippen LogP contribution in [-0.2, 0) is 23.4 Å². The molecule has 0 saturated carbocycles. The van der Waals surface area contributed by atoms with Gasteiger partial charge in [0.15, 0.2) is 0 Å². The lowest BCUT2D eigenvalue weighted by Gasteiger charge is -2.46. The number of piperidine rings is 1. The number of nitrogens with zero attached hydrogens (tertiary/aromatic N) is 5. The smallest absolute Gasteiger partial charge is 0.230 e. The van der Waals surface area contributed by atoms with Crippen LogP contribution in [0.15, 0.2) is 61.1 Å². The van der Waals surface area contributed by atoms with Crippen LogP contribution in [0.3, 0.4) is 0 Å². The predicted octanol–water partition coefficient (Wildman–Crippen LogP) is 3.21. The molecule has 0 atom stereocenters. The molecular weight excluding hydrogens is 390 g/mol. The number of likely N-dealkylation sites (tertiary alicyclic amines) is 1. The molecule has 7 nitrogen and oxygen atoms in total. The number of hydrogen-bond acceptors (Lipinski definition) is 5. The maximum Gasteiger partial charge on any atom is 0.230 e. The van der Waals surface area contributed by atoms with E-state index in [1.807, 2.05) is 41.4 Å². The second-order valence-electron chi connectivity index (χ2n) is 8.46. The summed E-state index contributed by atoms with van der Waals surface area (Å²) in [5.74, 6) is 1.95. The van der Waals surface area contributed by atoms with Crippen LogP contribution in [0, 0.1) is 0 Å². The third-order valence-electron chi connectivity index (χ3n) is 6.57. The standard InChI is InChI=1S/C24H27N5O2/c1-31-21-4-2-19(3-5-21)17-27-14-9-24(10-15-27)16-23(30)28(22-8-13-26-29(22)24)18-20-6-11-25-12-7-20/h2-8,11-13H,9-10,14-18H2,1H3. The van der Waals surface area contributed by atoms with Crippen molar-refractivity contribution in [2.24, 2.45) is 0 Å². The topological polar surface area (TPSA) is 63.5 Å². The van der Waals surface area contributed by atoms with Crippen LogP contribution in [0.2, 0.25) is 0 Å². The number of carbonyl (C=O) groups excluding carboxylic acids is 1. The fraction of sp³-hybridized carbons (Fsp3) is 0.375. The first-order valence-electron chi connectivity index (χ1n) is 10.8. The molecule has 1 amide bonds. The SMILES string of the molecule is COc1ccc(CN2CCC3(CC2)CC(=O)N(Cc2ccncc2)c2ccnn23)cc1. The van der Waals surface area contributed by atoms with Gasteiger partial charge in [-0.25, -0.2) is 4.68 Å². The summed E-state index contributed by atoms with van der Waals surface area (Å²) in [6.45, 7) is 3.35. The third-order valence-corrected chi connectivity index (χ3v) is 6.57. The molecule has 0 bridgehead atoms. The Morgan fingerprint density at radius 2 is 1.65 bits per heavy atom. The highest BCUT2D eigenvalue weighted by Gasteiger charge is 2.45. The number of hydrogen-bond donors (Lipinski definition) is 0. The number of carbonyl (C=O) groups is 1. The van der Waals surface area contributed by atoms with Crippen molar-refractivity contribution in [2.45, 2.75) is 37.9 Å². The van der Waals surface area contributed by atoms with Crippen LogP contribution < -0.4 is 9.64 Å². The van der Waals surface area contributed by atoms with Crippen molar-refractivity contribution in [1.82, 2.24) is 19.7 Å². The molecule has 7 heteroatoms. The van der Waals surface area contributed by atoms with Gasteiger partial charge in [-0.1, -0.05) is 12.1 Å². The van der Waals surface area contributed by atoms with E-state index in [0.717, 1.165) is 49.6 Å². The van der Waals surface area contributed by atoms with Gasteiger partial charge < -0.3 is 4.74 Å². The molecule has 2 aliphatic heterocycles. The highest BCUT2D eigenvalue weighted by molar-refractivity contribution is 5.94. The van der Waals surface area contributed by atoms with Gasteiger partial charge in [-0.3, -0.25) is 19.6 Å². The van der Waals surface area contributed by atoms with Crippen molar-refractivity contribution in [1.29, 1.82) is 0 Å². The van der Waals surface area contributed by atoms with Crippen LogP contribution in [0.1, 0.15) is 30.4 Å². The van der Waals surface area contributed by atoms with Crippen molar-refractivity contribution in [3.63, 3.8) is 0 Å². The van der Waals surface area contributed by atoms with E-state index in [-0.39, 0.29) is 11.4 Å². The zero-order valence-electron chi connectivity index (χ0n) is 17.8. The summed E-state index contributed by atoms with van der Waals surface area (Å²) >= 11 is 0. The number of amides is 1. The average molecular weight is 418 g/mol. The molecule has 0 N–H and O–H groups in total. The number of methoxy groups -OCH3 is 1. The molecule has 2 aromatic heterocycles. The van der Waals surface area contributed by atoms with Crippen molar-refractivity contribution < 1.29 is 9.53 Å². The molecule has 0 unspecified atom stereocenters. The molecule has 1 aromatic carbocycles. The normalized spacial score (nSPS) is 18.2. The number of rotatable bonds is 5. The summed E-state index contributed by atoms with van der Waals surface area (Å²) in [7, 11) is 1.69. The minimum atomic E-state index is -0.221. The number of pyridine rings is 1. The quantitative estimate of drug-likeness (QED) is 0.638.